The highest BCUT2D eigenvalue weighted by Gasteiger charge is 2.29. The Hall–Kier alpha value is -3.18. The zero-order chi connectivity index (χ0) is 25.4. The highest BCUT2D eigenvalue weighted by atomic mass is 16.5. The summed E-state index contributed by atoms with van der Waals surface area (Å²) in [4.78, 5) is 29.1. The first-order valence-electron chi connectivity index (χ1n) is 11.9. The van der Waals surface area contributed by atoms with Gasteiger partial charge in [0, 0.05) is 50.8 Å². The molecule has 1 aromatic carbocycles. The van der Waals surface area contributed by atoms with Crippen LogP contribution < -0.4 is 10.1 Å². The van der Waals surface area contributed by atoms with Crippen LogP contribution in [-0.4, -0.2) is 87.8 Å². The number of benzene rings is 1. The number of aryl methyl sites for hydroxylation is 1. The fourth-order valence-electron chi connectivity index (χ4n) is 4.02. The molecular formula is C24H36N6O5. The molecule has 1 aliphatic heterocycles. The summed E-state index contributed by atoms with van der Waals surface area (Å²) in [5, 5.41) is 20.7. The second-order valence-corrected chi connectivity index (χ2v) is 9.00. The highest BCUT2D eigenvalue weighted by Crippen LogP contribution is 2.20. The minimum absolute atomic E-state index is 0.0245. The average Bonchev–Trinajstić information content (AvgIpc) is 3.30. The smallest absolute Gasteiger partial charge is 0.321 e. The van der Waals surface area contributed by atoms with Gasteiger partial charge in [-0.3, -0.25) is 4.79 Å². The lowest BCUT2D eigenvalue weighted by Crippen LogP contribution is -2.48. The average molecular weight is 489 g/mol. The van der Waals surface area contributed by atoms with Crippen molar-refractivity contribution in [3.05, 3.63) is 36.2 Å². The van der Waals surface area contributed by atoms with Crippen LogP contribution in [0.1, 0.15) is 32.4 Å². The number of aromatic nitrogens is 3. The molecule has 3 amide bonds. The Balaban J connectivity index is 1.76. The van der Waals surface area contributed by atoms with Gasteiger partial charge in [-0.05, 0) is 25.5 Å². The molecule has 11 heteroatoms. The van der Waals surface area contributed by atoms with E-state index in [1.165, 1.54) is 0 Å². The van der Waals surface area contributed by atoms with Crippen molar-refractivity contribution < 1.29 is 24.2 Å². The zero-order valence-corrected chi connectivity index (χ0v) is 20.9. The maximum atomic E-state index is 13.0. The van der Waals surface area contributed by atoms with E-state index in [1.54, 1.807) is 59.1 Å². The number of likely N-dealkylation sites (N-methyl/N-ethyl adjacent to an activating group) is 1. The van der Waals surface area contributed by atoms with Crippen LogP contribution in [0.4, 0.5) is 10.5 Å². The molecule has 0 saturated heterocycles. The number of nitrogens with zero attached hydrogens (tertiary/aromatic N) is 5. The van der Waals surface area contributed by atoms with E-state index in [9.17, 15) is 14.7 Å². The second kappa shape index (κ2) is 12.5. The summed E-state index contributed by atoms with van der Waals surface area (Å²) in [6, 6.07) is 6.54. The highest BCUT2D eigenvalue weighted by molar-refractivity contribution is 5.89. The minimum Gasteiger partial charge on any atom is -0.497 e. The van der Waals surface area contributed by atoms with Gasteiger partial charge in [0.2, 0.25) is 5.91 Å². The number of methoxy groups -OCH3 is 1. The number of hydrogen-bond acceptors (Lipinski definition) is 7. The van der Waals surface area contributed by atoms with Crippen LogP contribution in [0.25, 0.3) is 0 Å². The number of aliphatic hydroxyl groups is 1. The van der Waals surface area contributed by atoms with Gasteiger partial charge in [-0.15, -0.1) is 5.10 Å². The number of nitrogens with one attached hydrogen (secondary N) is 1. The maximum Gasteiger partial charge on any atom is 0.321 e. The lowest BCUT2D eigenvalue weighted by molar-refractivity contribution is -0.136. The summed E-state index contributed by atoms with van der Waals surface area (Å²) in [6.07, 6.45) is 2.26. The second-order valence-electron chi connectivity index (χ2n) is 9.00. The number of fused-ring (bicyclic) bond motifs is 1. The summed E-state index contributed by atoms with van der Waals surface area (Å²) < 4.78 is 13.2. The number of carbonyl (C=O) groups is 2. The number of amides is 3. The number of ether oxygens (including phenoxy) is 2. The molecule has 2 aromatic rings. The molecule has 0 aliphatic carbocycles. The first-order chi connectivity index (χ1) is 16.8. The van der Waals surface area contributed by atoms with Crippen LogP contribution in [0.15, 0.2) is 30.5 Å². The molecule has 0 unspecified atom stereocenters. The van der Waals surface area contributed by atoms with E-state index in [4.69, 9.17) is 9.47 Å². The van der Waals surface area contributed by atoms with Crippen molar-refractivity contribution in [3.63, 3.8) is 0 Å². The monoisotopic (exact) mass is 488 g/mol. The molecule has 3 atom stereocenters. The third kappa shape index (κ3) is 7.15. The van der Waals surface area contributed by atoms with Crippen molar-refractivity contribution >= 4 is 17.6 Å². The number of rotatable bonds is 6. The van der Waals surface area contributed by atoms with Crippen molar-refractivity contribution in [2.45, 2.75) is 52.0 Å². The van der Waals surface area contributed by atoms with Crippen molar-refractivity contribution in [3.8, 4) is 5.75 Å². The summed E-state index contributed by atoms with van der Waals surface area (Å²) in [7, 11) is 3.27. The van der Waals surface area contributed by atoms with Gasteiger partial charge in [-0.1, -0.05) is 18.2 Å². The maximum absolute atomic E-state index is 13.0. The predicted octanol–water partition coefficient (Wildman–Crippen LogP) is 1.98. The van der Waals surface area contributed by atoms with Gasteiger partial charge < -0.3 is 29.7 Å². The fraction of sp³-hybridized carbons (Fsp3) is 0.583. The van der Waals surface area contributed by atoms with Gasteiger partial charge >= 0.3 is 6.03 Å². The lowest BCUT2D eigenvalue weighted by atomic mass is 10.0. The van der Waals surface area contributed by atoms with E-state index in [2.05, 4.69) is 15.6 Å². The number of anilines is 1. The summed E-state index contributed by atoms with van der Waals surface area (Å²) in [5.74, 6) is 0.516. The Morgan fingerprint density at radius 2 is 2.23 bits per heavy atom. The molecule has 0 spiro atoms. The Morgan fingerprint density at radius 1 is 1.43 bits per heavy atom. The molecule has 1 aromatic heterocycles. The molecule has 2 N–H and O–H groups in total. The largest absolute Gasteiger partial charge is 0.497 e. The van der Waals surface area contributed by atoms with Gasteiger partial charge in [0.15, 0.2) is 0 Å². The Labute approximate surface area is 206 Å². The minimum atomic E-state index is -0.375. The normalized spacial score (nSPS) is 20.3. The number of urea groups is 1. The molecule has 0 radical (unpaired) electrons. The van der Waals surface area contributed by atoms with E-state index in [-0.39, 0.29) is 43.2 Å². The van der Waals surface area contributed by atoms with Crippen molar-refractivity contribution in [2.24, 2.45) is 5.92 Å². The Kier molecular flexibility index (Phi) is 9.44. The number of hydrogen-bond donors (Lipinski definition) is 2. The Morgan fingerprint density at radius 3 is 2.97 bits per heavy atom. The van der Waals surface area contributed by atoms with Gasteiger partial charge in [0.25, 0.3) is 0 Å². The molecule has 2 heterocycles. The van der Waals surface area contributed by atoms with Gasteiger partial charge in [0.1, 0.15) is 5.75 Å². The standard InChI is InChI=1S/C24H36N6O5/c1-17-13-29(18(2)15-31)23(32)9-6-10-30-20(12-25-27-30)16-35-22(17)14-28(3)24(33)26-19-7-5-8-21(11-19)34-4/h5,7-8,11-12,17-18,22,31H,6,9-10,13-16H2,1-4H3,(H,26,33)/t17-,18-,22+/m1/s1. The predicted molar refractivity (Wildman–Crippen MR) is 130 cm³/mol. The van der Waals surface area contributed by atoms with Crippen LogP contribution in [-0.2, 0) is 22.7 Å². The van der Waals surface area contributed by atoms with Crippen molar-refractivity contribution in [2.75, 3.05) is 39.2 Å². The van der Waals surface area contributed by atoms with Gasteiger partial charge in [-0.25, -0.2) is 9.48 Å². The van der Waals surface area contributed by atoms with Crippen LogP contribution >= 0.6 is 0 Å². The molecule has 0 bridgehead atoms. The summed E-state index contributed by atoms with van der Waals surface area (Å²) >= 11 is 0. The fourth-order valence-corrected chi connectivity index (χ4v) is 4.02. The Bertz CT molecular complexity index is 983. The van der Waals surface area contributed by atoms with E-state index in [0.717, 1.165) is 5.69 Å². The van der Waals surface area contributed by atoms with Crippen LogP contribution in [0.2, 0.25) is 0 Å². The van der Waals surface area contributed by atoms with E-state index in [1.807, 2.05) is 13.8 Å². The quantitative estimate of drug-likeness (QED) is 0.637. The molecular weight excluding hydrogens is 452 g/mol. The van der Waals surface area contributed by atoms with Crippen molar-refractivity contribution in [1.82, 2.24) is 24.8 Å². The van der Waals surface area contributed by atoms with Crippen LogP contribution in [0.3, 0.4) is 0 Å². The van der Waals surface area contributed by atoms with Crippen molar-refractivity contribution in [1.29, 1.82) is 0 Å². The summed E-state index contributed by atoms with van der Waals surface area (Å²) in [5.41, 5.74) is 1.44. The molecule has 0 fully saturated rings. The third-order valence-electron chi connectivity index (χ3n) is 6.26. The number of aliphatic hydroxyl groups excluding tert-OH is 1. The van der Waals surface area contributed by atoms with E-state index in [0.29, 0.717) is 43.9 Å². The SMILES string of the molecule is COc1cccc(NC(=O)N(C)C[C@@H]2OCc3cnnn3CCCC(=O)N([C@H](C)CO)C[C@H]2C)c1. The molecule has 3 rings (SSSR count). The topological polar surface area (TPSA) is 122 Å². The molecule has 11 nitrogen and oxygen atoms in total. The zero-order valence-electron chi connectivity index (χ0n) is 20.9. The van der Waals surface area contributed by atoms with Crippen LogP contribution in [0, 0.1) is 5.92 Å². The van der Waals surface area contributed by atoms with Gasteiger partial charge in [0.05, 0.1) is 44.4 Å². The first kappa shape index (κ1) is 26.4. The number of carbonyl (C=O) groups excluding carboxylic acids is 2. The van der Waals surface area contributed by atoms with E-state index >= 15 is 0 Å². The summed E-state index contributed by atoms with van der Waals surface area (Å²) in [6.45, 7) is 5.24. The lowest BCUT2D eigenvalue weighted by Gasteiger charge is -2.35. The van der Waals surface area contributed by atoms with Crippen LogP contribution in [0.5, 0.6) is 5.75 Å². The molecule has 1 aliphatic rings. The first-order valence-corrected chi connectivity index (χ1v) is 11.9. The molecule has 0 saturated carbocycles. The molecule has 192 valence electrons. The van der Waals surface area contributed by atoms with E-state index < -0.39 is 0 Å². The third-order valence-corrected chi connectivity index (χ3v) is 6.26. The molecule has 35 heavy (non-hydrogen) atoms. The van der Waals surface area contributed by atoms with Gasteiger partial charge in [-0.2, -0.15) is 0 Å².